The number of nitrogens with one attached hydrogen (secondary N) is 1. The Kier molecular flexibility index (Phi) is 4.90. The van der Waals surface area contributed by atoms with Crippen LogP contribution in [0.1, 0.15) is 16.3 Å². The Morgan fingerprint density at radius 2 is 1.92 bits per heavy atom. The van der Waals surface area contributed by atoms with Gasteiger partial charge in [0.05, 0.1) is 19.9 Å². The summed E-state index contributed by atoms with van der Waals surface area (Å²) in [4.78, 5) is 24.7. The number of anilines is 1. The molecular formula is C17H16N4O3S. The summed E-state index contributed by atoms with van der Waals surface area (Å²) in [6.07, 6.45) is 1.55. The first-order valence-corrected chi connectivity index (χ1v) is 8.27. The first-order valence-electron chi connectivity index (χ1n) is 7.39. The van der Waals surface area contributed by atoms with E-state index in [0.717, 1.165) is 11.3 Å². The highest BCUT2D eigenvalue weighted by molar-refractivity contribution is 7.14. The fraction of sp³-hybridized carbons (Fsp3) is 0.176. The summed E-state index contributed by atoms with van der Waals surface area (Å²) in [5, 5.41) is 5.10. The van der Waals surface area contributed by atoms with Crippen molar-refractivity contribution in [1.29, 1.82) is 0 Å². The molecule has 0 aliphatic carbocycles. The van der Waals surface area contributed by atoms with Crippen molar-refractivity contribution >= 4 is 22.4 Å². The number of carbonyl (C=O) groups excluding carboxylic acids is 1. The molecule has 0 fully saturated rings. The summed E-state index contributed by atoms with van der Waals surface area (Å²) in [6.45, 7) is 1.73. The number of hydrogen-bond donors (Lipinski definition) is 1. The highest BCUT2D eigenvalue weighted by atomic mass is 32.1. The zero-order chi connectivity index (χ0) is 17.8. The van der Waals surface area contributed by atoms with Gasteiger partial charge in [-0.15, -0.1) is 11.3 Å². The smallest absolute Gasteiger partial charge is 0.276 e. The minimum absolute atomic E-state index is 0.301. The fourth-order valence-corrected chi connectivity index (χ4v) is 2.92. The zero-order valence-electron chi connectivity index (χ0n) is 13.9. The fourth-order valence-electron chi connectivity index (χ4n) is 2.20. The zero-order valence-corrected chi connectivity index (χ0v) is 14.8. The van der Waals surface area contributed by atoms with Crippen LogP contribution < -0.4 is 14.8 Å². The number of nitrogens with zero attached hydrogens (tertiary/aromatic N) is 3. The minimum Gasteiger partial charge on any atom is -0.493 e. The van der Waals surface area contributed by atoms with Crippen molar-refractivity contribution in [1.82, 2.24) is 15.0 Å². The highest BCUT2D eigenvalue weighted by Gasteiger charge is 2.13. The van der Waals surface area contributed by atoms with E-state index in [-0.39, 0.29) is 5.91 Å². The Morgan fingerprint density at radius 1 is 1.12 bits per heavy atom. The van der Waals surface area contributed by atoms with Gasteiger partial charge < -0.3 is 9.47 Å². The quantitative estimate of drug-likeness (QED) is 0.756. The van der Waals surface area contributed by atoms with Crippen LogP contribution in [0.2, 0.25) is 0 Å². The molecule has 0 saturated heterocycles. The highest BCUT2D eigenvalue weighted by Crippen LogP contribution is 2.33. The van der Waals surface area contributed by atoms with Gasteiger partial charge >= 0.3 is 0 Å². The van der Waals surface area contributed by atoms with Crippen LogP contribution in [0.3, 0.4) is 0 Å². The van der Waals surface area contributed by atoms with Crippen LogP contribution in [-0.4, -0.2) is 35.1 Å². The molecule has 1 aromatic carbocycles. The molecule has 3 rings (SSSR count). The molecule has 0 atom stereocenters. The normalized spacial score (nSPS) is 10.4. The van der Waals surface area contributed by atoms with Crippen LogP contribution in [-0.2, 0) is 0 Å². The van der Waals surface area contributed by atoms with Gasteiger partial charge in [0.25, 0.3) is 5.91 Å². The number of thiazole rings is 1. The number of ether oxygens (including phenoxy) is 2. The van der Waals surface area contributed by atoms with Gasteiger partial charge in [0.15, 0.2) is 16.6 Å². The molecule has 7 nitrogen and oxygen atoms in total. The van der Waals surface area contributed by atoms with Gasteiger partial charge in [0.2, 0.25) is 0 Å². The molecule has 128 valence electrons. The van der Waals surface area contributed by atoms with Crippen LogP contribution >= 0.6 is 11.3 Å². The maximum atomic E-state index is 12.2. The number of rotatable bonds is 5. The van der Waals surface area contributed by atoms with Gasteiger partial charge in [0.1, 0.15) is 11.5 Å². The maximum absolute atomic E-state index is 12.2. The number of carbonyl (C=O) groups is 1. The Hall–Kier alpha value is -3.00. The SMILES string of the molecule is COc1ccc(-c2csc(NC(=O)c3ccnc(C)n3)n2)cc1OC. The van der Waals surface area contributed by atoms with E-state index in [2.05, 4.69) is 20.3 Å². The average Bonchev–Trinajstić information content (AvgIpc) is 3.09. The van der Waals surface area contributed by atoms with Gasteiger partial charge in [-0.25, -0.2) is 15.0 Å². The number of aryl methyl sites for hydroxylation is 1. The van der Waals surface area contributed by atoms with E-state index in [1.165, 1.54) is 11.3 Å². The van der Waals surface area contributed by atoms with E-state index in [9.17, 15) is 4.79 Å². The largest absolute Gasteiger partial charge is 0.493 e. The summed E-state index contributed by atoms with van der Waals surface area (Å²) in [6, 6.07) is 7.10. The molecule has 0 spiro atoms. The van der Waals surface area contributed by atoms with E-state index < -0.39 is 0 Å². The molecule has 2 heterocycles. The van der Waals surface area contributed by atoms with Crippen molar-refractivity contribution in [3.8, 4) is 22.8 Å². The monoisotopic (exact) mass is 356 g/mol. The first-order chi connectivity index (χ1) is 12.1. The molecule has 1 amide bonds. The summed E-state index contributed by atoms with van der Waals surface area (Å²) in [5.74, 6) is 1.49. The number of benzene rings is 1. The molecule has 0 aliphatic rings. The van der Waals surface area contributed by atoms with Crippen LogP contribution in [0.5, 0.6) is 11.5 Å². The van der Waals surface area contributed by atoms with Crippen molar-refractivity contribution < 1.29 is 14.3 Å². The number of hydrogen-bond acceptors (Lipinski definition) is 7. The Morgan fingerprint density at radius 3 is 2.64 bits per heavy atom. The second-order valence-electron chi connectivity index (χ2n) is 5.05. The maximum Gasteiger partial charge on any atom is 0.276 e. The second-order valence-corrected chi connectivity index (χ2v) is 5.91. The lowest BCUT2D eigenvalue weighted by Crippen LogP contribution is -2.14. The Labute approximate surface area is 148 Å². The lowest BCUT2D eigenvalue weighted by molar-refractivity contribution is 0.102. The van der Waals surface area contributed by atoms with Gasteiger partial charge in [-0.1, -0.05) is 0 Å². The van der Waals surface area contributed by atoms with E-state index in [4.69, 9.17) is 9.47 Å². The lowest BCUT2D eigenvalue weighted by Gasteiger charge is -2.08. The lowest BCUT2D eigenvalue weighted by atomic mass is 10.1. The van der Waals surface area contributed by atoms with Crippen LogP contribution in [0, 0.1) is 6.92 Å². The number of methoxy groups -OCH3 is 2. The van der Waals surface area contributed by atoms with Gasteiger partial charge in [-0.05, 0) is 31.2 Å². The second kappa shape index (κ2) is 7.27. The summed E-state index contributed by atoms with van der Waals surface area (Å²) < 4.78 is 10.5. The molecular weight excluding hydrogens is 340 g/mol. The minimum atomic E-state index is -0.321. The topological polar surface area (TPSA) is 86.2 Å². The van der Waals surface area contributed by atoms with Gasteiger partial charge in [-0.2, -0.15) is 0 Å². The third-order valence-electron chi connectivity index (χ3n) is 3.41. The average molecular weight is 356 g/mol. The summed E-state index contributed by atoms with van der Waals surface area (Å²) in [7, 11) is 3.17. The van der Waals surface area contributed by atoms with Crippen molar-refractivity contribution in [2.24, 2.45) is 0 Å². The molecule has 1 N–H and O–H groups in total. The Bertz CT molecular complexity index is 910. The van der Waals surface area contributed by atoms with Crippen LogP contribution in [0.15, 0.2) is 35.8 Å². The first kappa shape index (κ1) is 16.8. The molecule has 0 bridgehead atoms. The van der Waals surface area contributed by atoms with Gasteiger partial charge in [-0.3, -0.25) is 10.1 Å². The van der Waals surface area contributed by atoms with Gasteiger partial charge in [0, 0.05) is 17.1 Å². The van der Waals surface area contributed by atoms with Crippen LogP contribution in [0.25, 0.3) is 11.3 Å². The summed E-state index contributed by atoms with van der Waals surface area (Å²) in [5.41, 5.74) is 1.91. The third-order valence-corrected chi connectivity index (χ3v) is 4.17. The predicted molar refractivity (Wildman–Crippen MR) is 95.4 cm³/mol. The van der Waals surface area contributed by atoms with E-state index >= 15 is 0 Å². The summed E-state index contributed by atoms with van der Waals surface area (Å²) >= 11 is 1.34. The van der Waals surface area contributed by atoms with E-state index in [1.807, 2.05) is 23.6 Å². The molecule has 3 aromatic rings. The van der Waals surface area contributed by atoms with Crippen molar-refractivity contribution in [3.05, 3.63) is 47.4 Å². The molecule has 0 aliphatic heterocycles. The molecule has 25 heavy (non-hydrogen) atoms. The van der Waals surface area contributed by atoms with Crippen molar-refractivity contribution in [2.45, 2.75) is 6.92 Å². The predicted octanol–water partition coefficient (Wildman–Crippen LogP) is 3.18. The van der Waals surface area contributed by atoms with Crippen LogP contribution in [0.4, 0.5) is 5.13 Å². The molecule has 8 heteroatoms. The number of aromatic nitrogens is 3. The van der Waals surface area contributed by atoms with Crippen molar-refractivity contribution in [2.75, 3.05) is 19.5 Å². The molecule has 0 radical (unpaired) electrons. The van der Waals surface area contributed by atoms with E-state index in [1.54, 1.807) is 33.4 Å². The van der Waals surface area contributed by atoms with E-state index in [0.29, 0.717) is 28.1 Å². The third kappa shape index (κ3) is 3.74. The Balaban J connectivity index is 1.79. The molecule has 0 unspecified atom stereocenters. The molecule has 2 aromatic heterocycles. The van der Waals surface area contributed by atoms with Crippen molar-refractivity contribution in [3.63, 3.8) is 0 Å². The number of amides is 1. The standard InChI is InChI=1S/C17H16N4O3S/c1-10-18-7-6-12(19-10)16(22)21-17-20-13(9-25-17)11-4-5-14(23-2)15(8-11)24-3/h4-9H,1-3H3,(H,20,21,22). The molecule has 0 saturated carbocycles.